The van der Waals surface area contributed by atoms with Crippen molar-refractivity contribution in [3.05, 3.63) is 29.3 Å². The van der Waals surface area contributed by atoms with Crippen molar-refractivity contribution in [1.29, 1.82) is 0 Å². The van der Waals surface area contributed by atoms with Crippen LogP contribution in [-0.2, 0) is 20.7 Å². The molecule has 0 atom stereocenters. The van der Waals surface area contributed by atoms with Crippen molar-refractivity contribution in [2.45, 2.75) is 6.42 Å². The van der Waals surface area contributed by atoms with Crippen LogP contribution in [0.5, 0.6) is 5.75 Å². The van der Waals surface area contributed by atoms with Crippen LogP contribution in [0.3, 0.4) is 0 Å². The average Bonchev–Trinajstić information content (AvgIpc) is 2.83. The first-order valence-electron chi connectivity index (χ1n) is 5.64. The number of methoxy groups -OCH3 is 1. The highest BCUT2D eigenvalue weighted by atomic mass is 16.6. The van der Waals surface area contributed by atoms with E-state index in [2.05, 4.69) is 4.74 Å². The minimum atomic E-state index is -0.546. The van der Waals surface area contributed by atoms with E-state index in [1.54, 1.807) is 18.2 Å². The zero-order valence-corrected chi connectivity index (χ0v) is 10.1. The van der Waals surface area contributed by atoms with E-state index < -0.39 is 5.97 Å². The second-order valence-electron chi connectivity index (χ2n) is 3.94. The molecule has 0 N–H and O–H groups in total. The fourth-order valence-corrected chi connectivity index (χ4v) is 1.75. The zero-order valence-electron chi connectivity index (χ0n) is 10.1. The van der Waals surface area contributed by atoms with E-state index in [1.807, 2.05) is 0 Å². The SMILES string of the molecule is COCC(=O)OCC(=O)c1ccc2c(c1)CCO2. The van der Waals surface area contributed by atoms with Crippen LogP contribution in [0.15, 0.2) is 18.2 Å². The van der Waals surface area contributed by atoms with Crippen molar-refractivity contribution in [3.63, 3.8) is 0 Å². The quantitative estimate of drug-likeness (QED) is 0.576. The van der Waals surface area contributed by atoms with Crippen molar-refractivity contribution < 1.29 is 23.8 Å². The fourth-order valence-electron chi connectivity index (χ4n) is 1.75. The molecule has 96 valence electrons. The van der Waals surface area contributed by atoms with E-state index in [-0.39, 0.29) is 19.0 Å². The van der Waals surface area contributed by atoms with Crippen LogP contribution in [-0.4, -0.2) is 38.7 Å². The van der Waals surface area contributed by atoms with Gasteiger partial charge in [0.15, 0.2) is 12.4 Å². The summed E-state index contributed by atoms with van der Waals surface area (Å²) in [4.78, 5) is 22.8. The number of hydrogen-bond donors (Lipinski definition) is 0. The highest BCUT2D eigenvalue weighted by Gasteiger charge is 2.16. The third-order valence-electron chi connectivity index (χ3n) is 2.64. The van der Waals surface area contributed by atoms with Gasteiger partial charge in [-0.05, 0) is 23.8 Å². The van der Waals surface area contributed by atoms with Gasteiger partial charge in [0, 0.05) is 19.1 Å². The Morgan fingerprint density at radius 2 is 2.17 bits per heavy atom. The normalized spacial score (nSPS) is 12.7. The lowest BCUT2D eigenvalue weighted by Crippen LogP contribution is -2.17. The van der Waals surface area contributed by atoms with Gasteiger partial charge in [-0.25, -0.2) is 4.79 Å². The largest absolute Gasteiger partial charge is 0.493 e. The molecule has 1 heterocycles. The number of ether oxygens (including phenoxy) is 3. The number of rotatable bonds is 5. The maximum absolute atomic E-state index is 11.8. The molecule has 0 fully saturated rings. The van der Waals surface area contributed by atoms with Gasteiger partial charge in [-0.1, -0.05) is 0 Å². The molecule has 5 heteroatoms. The van der Waals surface area contributed by atoms with E-state index >= 15 is 0 Å². The van der Waals surface area contributed by atoms with Gasteiger partial charge in [0.1, 0.15) is 12.4 Å². The van der Waals surface area contributed by atoms with Crippen molar-refractivity contribution in [2.24, 2.45) is 0 Å². The van der Waals surface area contributed by atoms with Crippen molar-refractivity contribution >= 4 is 11.8 Å². The summed E-state index contributed by atoms with van der Waals surface area (Å²) in [6.07, 6.45) is 0.805. The molecule has 0 unspecified atom stereocenters. The number of fused-ring (bicyclic) bond motifs is 1. The minimum Gasteiger partial charge on any atom is -0.493 e. The molecule has 5 nitrogen and oxygen atoms in total. The lowest BCUT2D eigenvalue weighted by molar-refractivity contribution is -0.146. The molecule has 1 aromatic carbocycles. The van der Waals surface area contributed by atoms with E-state index in [1.165, 1.54) is 7.11 Å². The molecule has 0 aliphatic carbocycles. The third-order valence-corrected chi connectivity index (χ3v) is 2.64. The standard InChI is InChI=1S/C13H14O5/c1-16-8-13(15)18-7-11(14)9-2-3-12-10(6-9)4-5-17-12/h2-3,6H,4-5,7-8H2,1H3. The van der Waals surface area contributed by atoms with Crippen molar-refractivity contribution in [3.8, 4) is 5.75 Å². The number of Topliss-reactive ketones (excluding diaryl/α,β-unsaturated/α-hetero) is 1. The number of carbonyl (C=O) groups is 2. The predicted octanol–water partition coefficient (Wildman–Crippen LogP) is 0.994. The smallest absolute Gasteiger partial charge is 0.332 e. The second-order valence-corrected chi connectivity index (χ2v) is 3.94. The summed E-state index contributed by atoms with van der Waals surface area (Å²) in [5.41, 5.74) is 1.55. The highest BCUT2D eigenvalue weighted by Crippen LogP contribution is 2.25. The lowest BCUT2D eigenvalue weighted by Gasteiger charge is -2.05. The Morgan fingerprint density at radius 1 is 1.33 bits per heavy atom. The molecule has 0 saturated heterocycles. The van der Waals surface area contributed by atoms with Crippen LogP contribution in [0.1, 0.15) is 15.9 Å². The minimum absolute atomic E-state index is 0.148. The molecule has 0 amide bonds. The molecule has 18 heavy (non-hydrogen) atoms. The zero-order chi connectivity index (χ0) is 13.0. The highest BCUT2D eigenvalue weighted by molar-refractivity contribution is 5.98. The van der Waals surface area contributed by atoms with Gasteiger partial charge < -0.3 is 14.2 Å². The summed E-state index contributed by atoms with van der Waals surface area (Å²) >= 11 is 0. The number of carbonyl (C=O) groups excluding carboxylic acids is 2. The molecule has 1 aliphatic rings. The first-order valence-corrected chi connectivity index (χ1v) is 5.64. The van der Waals surface area contributed by atoms with Gasteiger partial charge in [-0.2, -0.15) is 0 Å². The number of esters is 1. The maximum Gasteiger partial charge on any atom is 0.332 e. The average molecular weight is 250 g/mol. The number of ketones is 1. The lowest BCUT2D eigenvalue weighted by atomic mass is 10.1. The molecule has 1 aromatic rings. The summed E-state index contributed by atoms with van der Waals surface area (Å²) in [5.74, 6) is 0.0485. The van der Waals surface area contributed by atoms with Crippen molar-refractivity contribution in [2.75, 3.05) is 26.9 Å². The summed E-state index contributed by atoms with van der Waals surface area (Å²) < 4.78 is 14.7. The molecular formula is C13H14O5. The second kappa shape index (κ2) is 5.64. The molecular weight excluding hydrogens is 236 g/mol. The Bertz CT molecular complexity index is 466. The molecule has 2 rings (SSSR count). The molecule has 0 saturated carbocycles. The van der Waals surface area contributed by atoms with Crippen molar-refractivity contribution in [1.82, 2.24) is 0 Å². The number of hydrogen-bond acceptors (Lipinski definition) is 5. The summed E-state index contributed by atoms with van der Waals surface area (Å²) in [6.45, 7) is 0.239. The Morgan fingerprint density at radius 3 is 2.94 bits per heavy atom. The van der Waals surface area contributed by atoms with E-state index in [0.29, 0.717) is 12.2 Å². The Kier molecular flexibility index (Phi) is 3.94. The topological polar surface area (TPSA) is 61.8 Å². The third kappa shape index (κ3) is 2.87. The molecule has 0 spiro atoms. The monoisotopic (exact) mass is 250 g/mol. The first kappa shape index (κ1) is 12.6. The van der Waals surface area contributed by atoms with Gasteiger partial charge in [-0.3, -0.25) is 4.79 Å². The van der Waals surface area contributed by atoms with Crippen LogP contribution < -0.4 is 4.74 Å². The summed E-state index contributed by atoms with van der Waals surface area (Å²) in [5, 5.41) is 0. The maximum atomic E-state index is 11.8. The molecule has 1 aliphatic heterocycles. The van der Waals surface area contributed by atoms with Crippen LogP contribution in [0.25, 0.3) is 0 Å². The van der Waals surface area contributed by atoms with E-state index in [4.69, 9.17) is 9.47 Å². The Hall–Kier alpha value is -1.88. The van der Waals surface area contributed by atoms with E-state index in [0.717, 1.165) is 17.7 Å². The van der Waals surface area contributed by atoms with Crippen LogP contribution in [0.2, 0.25) is 0 Å². The van der Waals surface area contributed by atoms with E-state index in [9.17, 15) is 9.59 Å². The molecule has 0 bridgehead atoms. The Labute approximate surface area is 105 Å². The Balaban J connectivity index is 1.95. The summed E-state index contributed by atoms with van der Waals surface area (Å²) in [7, 11) is 1.39. The first-order chi connectivity index (χ1) is 8.70. The molecule has 0 aromatic heterocycles. The molecule has 0 radical (unpaired) electrons. The van der Waals surface area contributed by atoms with Gasteiger partial charge in [0.25, 0.3) is 0 Å². The van der Waals surface area contributed by atoms with Crippen LogP contribution >= 0.6 is 0 Å². The van der Waals surface area contributed by atoms with Gasteiger partial charge in [0.2, 0.25) is 0 Å². The number of benzene rings is 1. The fraction of sp³-hybridized carbons (Fsp3) is 0.385. The van der Waals surface area contributed by atoms with Crippen LogP contribution in [0.4, 0.5) is 0 Å². The van der Waals surface area contributed by atoms with Crippen LogP contribution in [0, 0.1) is 0 Å². The van der Waals surface area contributed by atoms with Gasteiger partial charge in [0.05, 0.1) is 6.61 Å². The predicted molar refractivity (Wildman–Crippen MR) is 62.8 cm³/mol. The summed E-state index contributed by atoms with van der Waals surface area (Å²) in [6, 6.07) is 5.23. The van der Waals surface area contributed by atoms with Gasteiger partial charge in [-0.15, -0.1) is 0 Å². The van der Waals surface area contributed by atoms with Gasteiger partial charge >= 0.3 is 5.97 Å².